The molecule has 0 N–H and O–H groups in total. The van der Waals surface area contributed by atoms with Gasteiger partial charge in [0.25, 0.3) is 0 Å². The summed E-state index contributed by atoms with van der Waals surface area (Å²) in [6.07, 6.45) is 0.434. The Kier molecular flexibility index (Phi) is 5.21. The summed E-state index contributed by atoms with van der Waals surface area (Å²) in [5.41, 5.74) is 0. The molecule has 0 unspecified atom stereocenters. The summed E-state index contributed by atoms with van der Waals surface area (Å²) < 4.78 is 9.33. The molecule has 0 rings (SSSR count). The normalized spacial score (nSPS) is 9.11. The fourth-order valence-corrected chi connectivity index (χ4v) is 0.341. The lowest BCUT2D eigenvalue weighted by molar-refractivity contribution is -0.144. The van der Waals surface area contributed by atoms with Crippen molar-refractivity contribution in [2.24, 2.45) is 0 Å². The third-order valence-electron chi connectivity index (χ3n) is 0.839. The fraction of sp³-hybridized carbons (Fsp3) is 0.833. The summed E-state index contributed by atoms with van der Waals surface area (Å²) >= 11 is 0. The predicted octanol–water partition coefficient (Wildman–Crippen LogP) is 0.586. The zero-order chi connectivity index (χ0) is 7.11. The number of rotatable bonds is 4. The number of hydrogen-bond acceptors (Lipinski definition) is 3. The van der Waals surface area contributed by atoms with Crippen molar-refractivity contribution in [3.8, 4) is 0 Å². The van der Waals surface area contributed by atoms with E-state index in [-0.39, 0.29) is 5.97 Å². The number of carbonyl (C=O) groups is 1. The molecule has 0 aromatic carbocycles. The van der Waals surface area contributed by atoms with Crippen LogP contribution in [0.5, 0.6) is 0 Å². The Morgan fingerprint density at radius 1 is 1.44 bits per heavy atom. The van der Waals surface area contributed by atoms with E-state index in [2.05, 4.69) is 9.47 Å². The van der Waals surface area contributed by atoms with Gasteiger partial charge >= 0.3 is 5.97 Å². The summed E-state index contributed by atoms with van der Waals surface area (Å²) in [5.74, 6) is -0.174. The fourth-order valence-electron chi connectivity index (χ4n) is 0.341. The molecule has 54 valence electrons. The van der Waals surface area contributed by atoms with Crippen LogP contribution in [0.25, 0.3) is 0 Å². The minimum Gasteiger partial charge on any atom is -0.463 e. The van der Waals surface area contributed by atoms with E-state index >= 15 is 0 Å². The maximum atomic E-state index is 10.4. The standard InChI is InChI=1S/C6H12O3/c1-3-6(7)9-5-4-8-2/h3-5H2,1-2H3. The van der Waals surface area contributed by atoms with Crippen molar-refractivity contribution < 1.29 is 14.3 Å². The van der Waals surface area contributed by atoms with Gasteiger partial charge in [0.2, 0.25) is 0 Å². The molecule has 0 radical (unpaired) electrons. The first-order valence-electron chi connectivity index (χ1n) is 2.95. The topological polar surface area (TPSA) is 35.5 Å². The van der Waals surface area contributed by atoms with Gasteiger partial charge in [-0.2, -0.15) is 0 Å². The molecule has 0 bridgehead atoms. The van der Waals surface area contributed by atoms with Crippen LogP contribution in [0.2, 0.25) is 0 Å². The molecular formula is C6H12O3. The average Bonchev–Trinajstić information content (AvgIpc) is 1.89. The molecule has 9 heavy (non-hydrogen) atoms. The lowest BCUT2D eigenvalue weighted by Gasteiger charge is -1.99. The SMILES string of the molecule is CCC(=O)OCCOC. The molecule has 0 heterocycles. The number of methoxy groups -OCH3 is 1. The zero-order valence-electron chi connectivity index (χ0n) is 5.85. The Morgan fingerprint density at radius 3 is 2.56 bits per heavy atom. The Morgan fingerprint density at radius 2 is 2.11 bits per heavy atom. The van der Waals surface area contributed by atoms with E-state index in [4.69, 9.17) is 0 Å². The molecule has 0 atom stereocenters. The van der Waals surface area contributed by atoms with Crippen molar-refractivity contribution in [3.63, 3.8) is 0 Å². The van der Waals surface area contributed by atoms with Gasteiger partial charge in [-0.05, 0) is 0 Å². The van der Waals surface area contributed by atoms with E-state index in [1.54, 1.807) is 14.0 Å². The van der Waals surface area contributed by atoms with E-state index in [0.717, 1.165) is 0 Å². The van der Waals surface area contributed by atoms with Crippen molar-refractivity contribution in [1.82, 2.24) is 0 Å². The summed E-state index contributed by atoms with van der Waals surface area (Å²) in [7, 11) is 1.57. The summed E-state index contributed by atoms with van der Waals surface area (Å²) in [4.78, 5) is 10.4. The highest BCUT2D eigenvalue weighted by atomic mass is 16.6. The van der Waals surface area contributed by atoms with Crippen LogP contribution in [0.15, 0.2) is 0 Å². The van der Waals surface area contributed by atoms with Gasteiger partial charge in [0.15, 0.2) is 0 Å². The molecule has 0 saturated heterocycles. The Balaban J connectivity index is 2.97. The molecule has 0 aliphatic heterocycles. The quantitative estimate of drug-likeness (QED) is 0.414. The van der Waals surface area contributed by atoms with Crippen molar-refractivity contribution in [3.05, 3.63) is 0 Å². The van der Waals surface area contributed by atoms with Crippen molar-refractivity contribution in [2.45, 2.75) is 13.3 Å². The highest BCUT2D eigenvalue weighted by molar-refractivity contribution is 5.68. The van der Waals surface area contributed by atoms with Gasteiger partial charge in [0, 0.05) is 13.5 Å². The molecule has 0 aliphatic rings. The maximum absolute atomic E-state index is 10.4. The molecule has 0 aromatic heterocycles. The summed E-state index contributed by atoms with van der Waals surface area (Å²) in [6.45, 7) is 2.60. The maximum Gasteiger partial charge on any atom is 0.305 e. The van der Waals surface area contributed by atoms with Gasteiger partial charge in [-0.15, -0.1) is 0 Å². The van der Waals surface area contributed by atoms with Gasteiger partial charge in [0.05, 0.1) is 6.61 Å². The van der Waals surface area contributed by atoms with Crippen LogP contribution in [0.4, 0.5) is 0 Å². The third kappa shape index (κ3) is 5.30. The Bertz CT molecular complexity index is 80.4. The lowest BCUT2D eigenvalue weighted by Crippen LogP contribution is -2.07. The molecule has 3 heteroatoms. The zero-order valence-corrected chi connectivity index (χ0v) is 5.85. The van der Waals surface area contributed by atoms with Crippen molar-refractivity contribution in [2.75, 3.05) is 20.3 Å². The van der Waals surface area contributed by atoms with E-state index in [1.807, 2.05) is 0 Å². The highest BCUT2D eigenvalue weighted by Gasteiger charge is 1.94. The Hall–Kier alpha value is -0.570. The molecule has 0 saturated carbocycles. The van der Waals surface area contributed by atoms with Gasteiger partial charge < -0.3 is 9.47 Å². The molecule has 3 nitrogen and oxygen atoms in total. The van der Waals surface area contributed by atoms with Crippen LogP contribution >= 0.6 is 0 Å². The van der Waals surface area contributed by atoms with Crippen LogP contribution in [0, 0.1) is 0 Å². The number of esters is 1. The minimum atomic E-state index is -0.174. The smallest absolute Gasteiger partial charge is 0.305 e. The minimum absolute atomic E-state index is 0.174. The van der Waals surface area contributed by atoms with E-state index < -0.39 is 0 Å². The van der Waals surface area contributed by atoms with Crippen LogP contribution in [-0.4, -0.2) is 26.3 Å². The number of hydrogen-bond donors (Lipinski definition) is 0. The number of carbonyl (C=O) groups excluding carboxylic acids is 1. The number of ether oxygens (including phenoxy) is 2. The van der Waals surface area contributed by atoms with Gasteiger partial charge in [-0.25, -0.2) is 0 Å². The third-order valence-corrected chi connectivity index (χ3v) is 0.839. The molecule has 0 aliphatic carbocycles. The van der Waals surface area contributed by atoms with Crippen LogP contribution in [0.3, 0.4) is 0 Å². The summed E-state index contributed by atoms with van der Waals surface area (Å²) in [5, 5.41) is 0. The first kappa shape index (κ1) is 8.43. The van der Waals surface area contributed by atoms with Gasteiger partial charge in [-0.3, -0.25) is 4.79 Å². The van der Waals surface area contributed by atoms with E-state index in [9.17, 15) is 4.79 Å². The summed E-state index contributed by atoms with van der Waals surface area (Å²) in [6, 6.07) is 0. The average molecular weight is 132 g/mol. The second kappa shape index (κ2) is 5.56. The van der Waals surface area contributed by atoms with Crippen LogP contribution in [0.1, 0.15) is 13.3 Å². The Labute approximate surface area is 55.0 Å². The van der Waals surface area contributed by atoms with Crippen LogP contribution < -0.4 is 0 Å². The molecule has 0 aromatic rings. The van der Waals surface area contributed by atoms with Crippen molar-refractivity contribution >= 4 is 5.97 Å². The molecular weight excluding hydrogens is 120 g/mol. The van der Waals surface area contributed by atoms with E-state index in [0.29, 0.717) is 19.6 Å². The van der Waals surface area contributed by atoms with Gasteiger partial charge in [-0.1, -0.05) is 6.92 Å². The van der Waals surface area contributed by atoms with Crippen LogP contribution in [-0.2, 0) is 14.3 Å². The molecule has 0 amide bonds. The monoisotopic (exact) mass is 132 g/mol. The molecule has 0 spiro atoms. The predicted molar refractivity (Wildman–Crippen MR) is 33.1 cm³/mol. The largest absolute Gasteiger partial charge is 0.463 e. The second-order valence-electron chi connectivity index (χ2n) is 1.57. The lowest BCUT2D eigenvalue weighted by atomic mass is 10.5. The van der Waals surface area contributed by atoms with Crippen molar-refractivity contribution in [1.29, 1.82) is 0 Å². The van der Waals surface area contributed by atoms with Gasteiger partial charge in [0.1, 0.15) is 6.61 Å². The molecule has 0 fully saturated rings. The van der Waals surface area contributed by atoms with E-state index in [1.165, 1.54) is 0 Å². The first-order valence-corrected chi connectivity index (χ1v) is 2.95. The second-order valence-corrected chi connectivity index (χ2v) is 1.57. The highest BCUT2D eigenvalue weighted by Crippen LogP contribution is 1.82. The first-order chi connectivity index (χ1) is 4.31.